The van der Waals surface area contributed by atoms with Crippen molar-refractivity contribution in [2.75, 3.05) is 0 Å². The molecule has 0 atom stereocenters. The van der Waals surface area contributed by atoms with Gasteiger partial charge in [0.2, 0.25) is 0 Å². The van der Waals surface area contributed by atoms with Crippen molar-refractivity contribution in [2.24, 2.45) is 0 Å². The van der Waals surface area contributed by atoms with Gasteiger partial charge in [-0.05, 0) is 32.8 Å². The Morgan fingerprint density at radius 1 is 0.840 bits per heavy atom. The van der Waals surface area contributed by atoms with Crippen molar-refractivity contribution in [1.29, 1.82) is 0 Å². The summed E-state index contributed by atoms with van der Waals surface area (Å²) in [5.41, 5.74) is 1.87. The average molecular weight is 348 g/mol. The number of hydrogen-bond donors (Lipinski definition) is 3. The normalized spacial score (nSPS) is 9.48. The zero-order valence-electron chi connectivity index (χ0n) is 14.7. The van der Waals surface area contributed by atoms with E-state index in [4.69, 9.17) is 15.3 Å². The fourth-order valence-electron chi connectivity index (χ4n) is 0.972. The molecular formula is C19H24O6. The SMILES string of the molecule is C/C(=C\Cc1ccccc1)C(=O)O.C=C(C)C(=O)O.C=C(C)C(=O)O. The predicted octanol–water partition coefficient (Wildman–Crippen LogP) is 3.55. The first-order valence-electron chi connectivity index (χ1n) is 7.20. The first kappa shape index (κ1) is 24.1. The molecule has 0 fully saturated rings. The smallest absolute Gasteiger partial charge is 0.330 e. The summed E-state index contributed by atoms with van der Waals surface area (Å²) >= 11 is 0. The molecule has 0 aliphatic rings. The Bertz CT molecular complexity index is 593. The number of carboxylic acids is 3. The molecule has 0 spiro atoms. The summed E-state index contributed by atoms with van der Waals surface area (Å²) in [7, 11) is 0. The highest BCUT2D eigenvalue weighted by molar-refractivity contribution is 5.86. The van der Waals surface area contributed by atoms with Crippen molar-refractivity contribution in [3.63, 3.8) is 0 Å². The topological polar surface area (TPSA) is 112 Å². The van der Waals surface area contributed by atoms with Gasteiger partial charge in [0.15, 0.2) is 0 Å². The van der Waals surface area contributed by atoms with Crippen LogP contribution in [0.1, 0.15) is 26.3 Å². The van der Waals surface area contributed by atoms with Crippen LogP contribution in [-0.4, -0.2) is 33.2 Å². The van der Waals surface area contributed by atoms with Gasteiger partial charge in [-0.25, -0.2) is 14.4 Å². The molecule has 0 aromatic heterocycles. The van der Waals surface area contributed by atoms with Crippen molar-refractivity contribution in [2.45, 2.75) is 27.2 Å². The highest BCUT2D eigenvalue weighted by atomic mass is 16.4. The van der Waals surface area contributed by atoms with E-state index in [0.717, 1.165) is 5.56 Å². The van der Waals surface area contributed by atoms with Crippen LogP contribution in [-0.2, 0) is 20.8 Å². The van der Waals surface area contributed by atoms with Gasteiger partial charge in [-0.1, -0.05) is 49.6 Å². The van der Waals surface area contributed by atoms with Crippen LogP contribution >= 0.6 is 0 Å². The summed E-state index contributed by atoms with van der Waals surface area (Å²) < 4.78 is 0. The maximum Gasteiger partial charge on any atom is 0.330 e. The van der Waals surface area contributed by atoms with Crippen molar-refractivity contribution in [3.05, 3.63) is 71.8 Å². The molecule has 6 heteroatoms. The molecule has 0 radical (unpaired) electrons. The lowest BCUT2D eigenvalue weighted by molar-refractivity contribution is -0.133. The minimum Gasteiger partial charge on any atom is -0.478 e. The standard InChI is InChI=1S/C11H12O2.2C4H6O2/c1-9(11(12)13)7-8-10-5-3-2-4-6-10;2*1-3(2)4(5)6/h2-7H,8H2,1H3,(H,12,13);2*1H2,2H3,(H,5,6)/b9-7+;;. The molecule has 1 rings (SSSR count). The second kappa shape index (κ2) is 13.3. The van der Waals surface area contributed by atoms with E-state index in [1.165, 1.54) is 13.8 Å². The Morgan fingerprint density at radius 3 is 1.48 bits per heavy atom. The molecule has 0 saturated heterocycles. The number of hydrogen-bond acceptors (Lipinski definition) is 3. The van der Waals surface area contributed by atoms with Gasteiger partial charge in [0, 0.05) is 16.7 Å². The molecule has 6 nitrogen and oxygen atoms in total. The van der Waals surface area contributed by atoms with Crippen LogP contribution in [0.3, 0.4) is 0 Å². The third-order valence-corrected chi connectivity index (χ3v) is 2.55. The third kappa shape index (κ3) is 15.5. The first-order valence-corrected chi connectivity index (χ1v) is 7.20. The molecule has 136 valence electrons. The van der Waals surface area contributed by atoms with Crippen LogP contribution in [0.25, 0.3) is 0 Å². The number of allylic oxidation sites excluding steroid dienone is 1. The number of carboxylic acid groups (broad SMARTS) is 3. The molecule has 0 amide bonds. The highest BCUT2D eigenvalue weighted by Crippen LogP contribution is 2.02. The zero-order valence-corrected chi connectivity index (χ0v) is 14.7. The Kier molecular flexibility index (Phi) is 12.8. The Hall–Kier alpha value is -3.15. The quantitative estimate of drug-likeness (QED) is 0.702. The van der Waals surface area contributed by atoms with E-state index >= 15 is 0 Å². The van der Waals surface area contributed by atoms with Crippen molar-refractivity contribution in [3.8, 4) is 0 Å². The summed E-state index contributed by atoms with van der Waals surface area (Å²) in [6, 6.07) is 9.78. The molecule has 0 heterocycles. The average Bonchev–Trinajstić information content (AvgIpc) is 2.54. The van der Waals surface area contributed by atoms with E-state index in [-0.39, 0.29) is 11.1 Å². The van der Waals surface area contributed by atoms with Gasteiger partial charge in [0.1, 0.15) is 0 Å². The lowest BCUT2D eigenvalue weighted by atomic mass is 10.1. The van der Waals surface area contributed by atoms with Crippen LogP contribution in [0, 0.1) is 0 Å². The van der Waals surface area contributed by atoms with Crippen LogP contribution in [0.4, 0.5) is 0 Å². The van der Waals surface area contributed by atoms with Gasteiger partial charge in [0.05, 0.1) is 0 Å². The Balaban J connectivity index is 0. The van der Waals surface area contributed by atoms with E-state index in [1.54, 1.807) is 13.0 Å². The number of rotatable bonds is 5. The van der Waals surface area contributed by atoms with Gasteiger partial charge in [0.25, 0.3) is 0 Å². The van der Waals surface area contributed by atoms with E-state index in [1.807, 2.05) is 30.3 Å². The van der Waals surface area contributed by atoms with Crippen molar-refractivity contribution >= 4 is 17.9 Å². The number of carbonyl (C=O) groups is 3. The Labute approximate surface area is 147 Å². The first-order chi connectivity index (χ1) is 11.5. The minimum absolute atomic E-state index is 0.176. The van der Waals surface area contributed by atoms with E-state index in [0.29, 0.717) is 12.0 Å². The maximum atomic E-state index is 10.5. The van der Waals surface area contributed by atoms with Crippen molar-refractivity contribution in [1.82, 2.24) is 0 Å². The summed E-state index contributed by atoms with van der Waals surface area (Å²) in [4.78, 5) is 29.7. The minimum atomic E-state index is -0.935. The number of benzene rings is 1. The van der Waals surface area contributed by atoms with E-state index in [9.17, 15) is 14.4 Å². The maximum absolute atomic E-state index is 10.5. The Morgan fingerprint density at radius 2 is 1.20 bits per heavy atom. The second-order valence-electron chi connectivity index (χ2n) is 5.05. The van der Waals surface area contributed by atoms with Gasteiger partial charge >= 0.3 is 17.9 Å². The van der Waals surface area contributed by atoms with Gasteiger partial charge in [-0.3, -0.25) is 0 Å². The van der Waals surface area contributed by atoms with Crippen molar-refractivity contribution < 1.29 is 29.7 Å². The zero-order chi connectivity index (χ0) is 20.0. The molecular weight excluding hydrogens is 324 g/mol. The van der Waals surface area contributed by atoms with Crippen LogP contribution in [0.5, 0.6) is 0 Å². The lowest BCUT2D eigenvalue weighted by Crippen LogP contribution is -1.96. The van der Waals surface area contributed by atoms with E-state index < -0.39 is 17.9 Å². The molecule has 0 aliphatic heterocycles. The largest absolute Gasteiger partial charge is 0.478 e. The molecule has 0 saturated carbocycles. The highest BCUT2D eigenvalue weighted by Gasteiger charge is 1.98. The molecule has 0 bridgehead atoms. The molecule has 0 aliphatic carbocycles. The summed E-state index contributed by atoms with van der Waals surface area (Å²) in [6.07, 6.45) is 2.40. The van der Waals surface area contributed by atoms with Crippen LogP contribution < -0.4 is 0 Å². The fraction of sp³-hybridized carbons (Fsp3) is 0.211. The molecule has 25 heavy (non-hydrogen) atoms. The van der Waals surface area contributed by atoms with Gasteiger partial charge < -0.3 is 15.3 Å². The molecule has 0 unspecified atom stereocenters. The number of aliphatic carboxylic acids is 3. The van der Waals surface area contributed by atoms with Gasteiger partial charge in [-0.2, -0.15) is 0 Å². The fourth-order valence-corrected chi connectivity index (χ4v) is 0.972. The summed E-state index contributed by atoms with van der Waals surface area (Å²) in [5.74, 6) is -2.72. The second-order valence-corrected chi connectivity index (χ2v) is 5.05. The van der Waals surface area contributed by atoms with E-state index in [2.05, 4.69) is 13.2 Å². The van der Waals surface area contributed by atoms with Crippen LogP contribution in [0.15, 0.2) is 66.3 Å². The summed E-state index contributed by atoms with van der Waals surface area (Å²) in [6.45, 7) is 10.8. The lowest BCUT2D eigenvalue weighted by Gasteiger charge is -1.95. The monoisotopic (exact) mass is 348 g/mol. The molecule has 1 aromatic rings. The molecule has 1 aromatic carbocycles. The summed E-state index contributed by atoms with van der Waals surface area (Å²) in [5, 5.41) is 24.4. The van der Waals surface area contributed by atoms with Crippen LogP contribution in [0.2, 0.25) is 0 Å². The van der Waals surface area contributed by atoms with Gasteiger partial charge in [-0.15, -0.1) is 0 Å². The molecule has 3 N–H and O–H groups in total. The predicted molar refractivity (Wildman–Crippen MR) is 96.4 cm³/mol. The third-order valence-electron chi connectivity index (χ3n) is 2.55.